The molecule has 34 heavy (non-hydrogen) atoms. The minimum Gasteiger partial charge on any atom is -0.497 e. The van der Waals surface area contributed by atoms with Gasteiger partial charge in [0, 0.05) is 12.1 Å². The molecule has 0 unspecified atom stereocenters. The Morgan fingerprint density at radius 2 is 1.74 bits per heavy atom. The normalized spacial score (nSPS) is 9.71. The summed E-state index contributed by atoms with van der Waals surface area (Å²) in [7, 11) is 1.61. The molecule has 1 heterocycles. The van der Waals surface area contributed by atoms with Crippen molar-refractivity contribution < 1.29 is 14.6 Å². The Balaban J connectivity index is 0.000000872. The molecule has 3 rings (SSSR count). The van der Waals surface area contributed by atoms with Gasteiger partial charge in [-0.3, -0.25) is 14.2 Å². The van der Waals surface area contributed by atoms with Gasteiger partial charge < -0.3 is 15.2 Å². The van der Waals surface area contributed by atoms with Crippen molar-refractivity contribution in [3.05, 3.63) is 76.2 Å². The number of ether oxygens (including phenoxy) is 1. The van der Waals surface area contributed by atoms with Gasteiger partial charge in [0.2, 0.25) is 0 Å². The maximum absolute atomic E-state index is 12.9. The van der Waals surface area contributed by atoms with E-state index in [0.29, 0.717) is 17.9 Å². The summed E-state index contributed by atoms with van der Waals surface area (Å²) in [5.74, 6) is -0.0256. The summed E-state index contributed by atoms with van der Waals surface area (Å²) in [5.41, 5.74) is 2.51. The van der Waals surface area contributed by atoms with Crippen LogP contribution in [0, 0.1) is 6.92 Å². The van der Waals surface area contributed by atoms with E-state index < -0.39 is 18.1 Å². The third kappa shape index (κ3) is 8.39. The number of nitrogens with zero attached hydrogens (tertiary/aromatic N) is 2. The maximum atomic E-state index is 12.9. The topological polar surface area (TPSA) is 93.4 Å². The second-order valence-corrected chi connectivity index (χ2v) is 7.29. The molecule has 0 fully saturated rings. The summed E-state index contributed by atoms with van der Waals surface area (Å²) in [6, 6.07) is 14.7. The van der Waals surface area contributed by atoms with Crippen LogP contribution in [0.5, 0.6) is 5.75 Å². The quantitative estimate of drug-likeness (QED) is 0.438. The Bertz CT molecular complexity index is 1080. The van der Waals surface area contributed by atoms with Crippen molar-refractivity contribution in [3.8, 4) is 17.1 Å². The van der Waals surface area contributed by atoms with E-state index >= 15 is 0 Å². The minimum absolute atomic E-state index is 0.246. The number of carboxylic acid groups (broad SMARTS) is 1. The fourth-order valence-electron chi connectivity index (χ4n) is 2.90. The van der Waals surface area contributed by atoms with Crippen LogP contribution in [0.2, 0.25) is 0 Å². The maximum Gasteiger partial charge on any atom is 0.323 e. The van der Waals surface area contributed by atoms with E-state index in [9.17, 15) is 14.7 Å². The molecule has 0 bridgehead atoms. The molecule has 0 amide bonds. The molecular weight excluding hydrogens is 430 g/mol. The molecule has 184 valence electrons. The Kier molecular flexibility index (Phi) is 12.8. The fourth-order valence-corrected chi connectivity index (χ4v) is 2.90. The largest absolute Gasteiger partial charge is 0.497 e. The van der Waals surface area contributed by atoms with Gasteiger partial charge in [0.25, 0.3) is 5.56 Å². The molecule has 0 radical (unpaired) electrons. The van der Waals surface area contributed by atoms with Gasteiger partial charge in [-0.1, -0.05) is 76.9 Å². The third-order valence-electron chi connectivity index (χ3n) is 4.89. The summed E-state index contributed by atoms with van der Waals surface area (Å²) in [4.78, 5) is 28.5. The van der Waals surface area contributed by atoms with Gasteiger partial charge in [0.1, 0.15) is 23.8 Å². The van der Waals surface area contributed by atoms with Crippen LogP contribution >= 0.6 is 0 Å². The lowest BCUT2D eigenvalue weighted by atomic mass is 10.1. The number of aliphatic carboxylic acids is 1. The number of carbonyl (C=O) groups is 1. The average molecular weight is 468 g/mol. The molecule has 7 heteroatoms. The molecule has 0 saturated heterocycles. The van der Waals surface area contributed by atoms with Crippen molar-refractivity contribution in [1.82, 2.24) is 9.55 Å². The van der Waals surface area contributed by atoms with Crippen LogP contribution in [0.25, 0.3) is 11.4 Å². The fraction of sp³-hybridized carbons (Fsp3) is 0.370. The molecular formula is C27H37N3O4. The number of rotatable bonds is 8. The predicted molar refractivity (Wildman–Crippen MR) is 139 cm³/mol. The predicted octanol–water partition coefficient (Wildman–Crippen LogP) is 5.76. The van der Waals surface area contributed by atoms with Crippen molar-refractivity contribution in [3.63, 3.8) is 0 Å². The van der Waals surface area contributed by atoms with E-state index in [2.05, 4.69) is 24.1 Å². The molecule has 1 aromatic heterocycles. The van der Waals surface area contributed by atoms with E-state index in [-0.39, 0.29) is 5.69 Å². The molecule has 0 saturated carbocycles. The third-order valence-corrected chi connectivity index (χ3v) is 4.89. The van der Waals surface area contributed by atoms with Crippen LogP contribution in [0.1, 0.15) is 51.7 Å². The first kappa shape index (κ1) is 28.4. The van der Waals surface area contributed by atoms with Gasteiger partial charge in [-0.25, -0.2) is 4.98 Å². The zero-order valence-corrected chi connectivity index (χ0v) is 21.1. The highest BCUT2D eigenvalue weighted by Crippen LogP contribution is 2.19. The van der Waals surface area contributed by atoms with Gasteiger partial charge in [-0.15, -0.1) is 0 Å². The SMILES string of the molecule is CC.CCCC.COc1ccc(CNc2cnc(-c3ccccc3)n(CC(=O)O)c2=O)c(C)c1. The summed E-state index contributed by atoms with van der Waals surface area (Å²) in [5, 5.41) is 12.3. The summed E-state index contributed by atoms with van der Waals surface area (Å²) in [6.45, 7) is 10.3. The number of aryl methyl sites for hydroxylation is 1. The Morgan fingerprint density at radius 1 is 1.09 bits per heavy atom. The smallest absolute Gasteiger partial charge is 0.323 e. The van der Waals surface area contributed by atoms with Gasteiger partial charge in [-0.2, -0.15) is 0 Å². The average Bonchev–Trinajstić information content (AvgIpc) is 2.86. The van der Waals surface area contributed by atoms with Crippen molar-refractivity contribution in [2.75, 3.05) is 12.4 Å². The molecule has 0 aliphatic carbocycles. The van der Waals surface area contributed by atoms with Crippen molar-refractivity contribution >= 4 is 11.7 Å². The number of anilines is 1. The molecule has 2 N–H and O–H groups in total. The van der Waals surface area contributed by atoms with Gasteiger partial charge >= 0.3 is 5.97 Å². The van der Waals surface area contributed by atoms with E-state index in [0.717, 1.165) is 16.9 Å². The van der Waals surface area contributed by atoms with Gasteiger partial charge in [0.15, 0.2) is 0 Å². The number of benzene rings is 2. The zero-order chi connectivity index (χ0) is 25.5. The number of aromatic nitrogens is 2. The molecule has 0 atom stereocenters. The Labute approximate surface area is 202 Å². The number of hydrogen-bond donors (Lipinski definition) is 2. The molecule has 3 aromatic rings. The van der Waals surface area contributed by atoms with Crippen molar-refractivity contribution in [2.24, 2.45) is 0 Å². The summed E-state index contributed by atoms with van der Waals surface area (Å²) < 4.78 is 6.37. The van der Waals surface area contributed by atoms with Crippen LogP contribution in [-0.2, 0) is 17.9 Å². The first-order valence-electron chi connectivity index (χ1n) is 11.7. The van der Waals surface area contributed by atoms with Crippen LogP contribution < -0.4 is 15.6 Å². The lowest BCUT2D eigenvalue weighted by molar-refractivity contribution is -0.137. The van der Waals surface area contributed by atoms with Crippen LogP contribution in [0.15, 0.2) is 59.5 Å². The zero-order valence-electron chi connectivity index (χ0n) is 21.1. The molecule has 2 aromatic carbocycles. The van der Waals surface area contributed by atoms with Gasteiger partial charge in [-0.05, 0) is 30.2 Å². The summed E-state index contributed by atoms with van der Waals surface area (Å²) >= 11 is 0. The van der Waals surface area contributed by atoms with E-state index in [4.69, 9.17) is 4.74 Å². The number of carboxylic acids is 1. The summed E-state index contributed by atoms with van der Waals surface area (Å²) in [6.07, 6.45) is 4.09. The lowest BCUT2D eigenvalue weighted by Crippen LogP contribution is -2.29. The number of unbranched alkanes of at least 4 members (excludes halogenated alkanes) is 1. The van der Waals surface area contributed by atoms with E-state index in [1.54, 1.807) is 19.2 Å². The van der Waals surface area contributed by atoms with E-state index in [1.807, 2.05) is 57.2 Å². The molecule has 7 nitrogen and oxygen atoms in total. The number of nitrogens with one attached hydrogen (secondary N) is 1. The van der Waals surface area contributed by atoms with Crippen molar-refractivity contribution in [2.45, 2.75) is 60.5 Å². The van der Waals surface area contributed by atoms with Crippen LogP contribution in [0.4, 0.5) is 5.69 Å². The Morgan fingerprint density at radius 3 is 2.26 bits per heavy atom. The molecule has 0 spiro atoms. The first-order valence-corrected chi connectivity index (χ1v) is 11.7. The highest BCUT2D eigenvalue weighted by Gasteiger charge is 2.14. The van der Waals surface area contributed by atoms with E-state index in [1.165, 1.54) is 23.6 Å². The minimum atomic E-state index is -1.11. The molecule has 0 aliphatic rings. The van der Waals surface area contributed by atoms with Gasteiger partial charge in [0.05, 0.1) is 13.3 Å². The molecule has 0 aliphatic heterocycles. The highest BCUT2D eigenvalue weighted by atomic mass is 16.5. The highest BCUT2D eigenvalue weighted by molar-refractivity contribution is 5.68. The Hall–Kier alpha value is -3.61. The van der Waals surface area contributed by atoms with Crippen molar-refractivity contribution in [1.29, 1.82) is 0 Å². The monoisotopic (exact) mass is 467 g/mol. The van der Waals surface area contributed by atoms with Crippen LogP contribution in [0.3, 0.4) is 0 Å². The second kappa shape index (κ2) is 15.3. The first-order chi connectivity index (χ1) is 16.4. The van der Waals surface area contributed by atoms with Crippen LogP contribution in [-0.4, -0.2) is 27.7 Å². The number of methoxy groups -OCH3 is 1. The standard InChI is InChI=1S/C21H21N3O4.C4H10.C2H6/c1-14-10-17(28-2)9-8-16(14)11-22-18-12-23-20(15-6-4-3-5-7-15)24(21(18)27)13-19(25)26;1-3-4-2;1-2/h3-10,12,22H,11,13H2,1-2H3,(H,25,26);3-4H2,1-2H3;1-2H3. The second-order valence-electron chi connectivity index (χ2n) is 7.29. The number of hydrogen-bond acceptors (Lipinski definition) is 5. The lowest BCUT2D eigenvalue weighted by Gasteiger charge is -2.14.